The quantitative estimate of drug-likeness (QED) is 0.260. The van der Waals surface area contributed by atoms with Gasteiger partial charge in [-0.05, 0) is 33.9 Å². The van der Waals surface area contributed by atoms with Gasteiger partial charge >= 0.3 is 0 Å². The van der Waals surface area contributed by atoms with Gasteiger partial charge in [-0.1, -0.05) is 127 Å². The third kappa shape index (κ3) is 3.82. The van der Waals surface area contributed by atoms with E-state index in [0.717, 1.165) is 16.7 Å². The van der Waals surface area contributed by atoms with Crippen LogP contribution in [0.2, 0.25) is 0 Å². The predicted octanol–water partition coefficient (Wildman–Crippen LogP) is 8.03. The molecule has 6 aromatic rings. The molecule has 1 aliphatic rings. The van der Waals surface area contributed by atoms with Crippen molar-refractivity contribution in [2.45, 2.75) is 5.92 Å². The number of fused-ring (bicyclic) bond motifs is 3. The Labute approximate surface area is 216 Å². The van der Waals surface area contributed by atoms with Crippen LogP contribution in [0.15, 0.2) is 133 Å². The van der Waals surface area contributed by atoms with Crippen molar-refractivity contribution in [3.05, 3.63) is 150 Å². The zero-order valence-electron chi connectivity index (χ0n) is 20.1. The molecule has 5 aromatic carbocycles. The summed E-state index contributed by atoms with van der Waals surface area (Å²) in [7, 11) is 0. The Kier molecular flexibility index (Phi) is 5.18. The van der Waals surface area contributed by atoms with Crippen LogP contribution in [0.4, 0.5) is 0 Å². The molecule has 7 rings (SSSR count). The summed E-state index contributed by atoms with van der Waals surface area (Å²) in [5.41, 5.74) is 9.46. The van der Waals surface area contributed by atoms with E-state index in [2.05, 4.69) is 72.8 Å². The lowest BCUT2D eigenvalue weighted by atomic mass is 9.88. The van der Waals surface area contributed by atoms with Crippen LogP contribution in [-0.4, -0.2) is 15.0 Å². The third-order valence-electron chi connectivity index (χ3n) is 7.01. The molecule has 0 amide bonds. The molecular formula is C34H23N3. The lowest BCUT2D eigenvalue weighted by Gasteiger charge is -2.16. The van der Waals surface area contributed by atoms with Gasteiger partial charge in [0.2, 0.25) is 0 Å². The van der Waals surface area contributed by atoms with E-state index in [-0.39, 0.29) is 5.92 Å². The van der Waals surface area contributed by atoms with Crippen LogP contribution in [0.25, 0.3) is 45.3 Å². The van der Waals surface area contributed by atoms with Gasteiger partial charge in [-0.15, -0.1) is 0 Å². The van der Waals surface area contributed by atoms with Crippen molar-refractivity contribution in [3.8, 4) is 45.3 Å². The minimum absolute atomic E-state index is 0.177. The fourth-order valence-corrected chi connectivity index (χ4v) is 5.31. The molecule has 1 aliphatic carbocycles. The topological polar surface area (TPSA) is 38.7 Å². The van der Waals surface area contributed by atoms with Gasteiger partial charge in [-0.2, -0.15) is 0 Å². The summed E-state index contributed by atoms with van der Waals surface area (Å²) < 4.78 is 0. The minimum Gasteiger partial charge on any atom is -0.208 e. The van der Waals surface area contributed by atoms with Crippen molar-refractivity contribution in [1.82, 2.24) is 15.0 Å². The monoisotopic (exact) mass is 473 g/mol. The van der Waals surface area contributed by atoms with E-state index in [4.69, 9.17) is 15.0 Å². The zero-order chi connectivity index (χ0) is 24.6. The molecular weight excluding hydrogens is 450 g/mol. The maximum absolute atomic E-state index is 4.93. The Morgan fingerprint density at radius 1 is 0.378 bits per heavy atom. The smallest absolute Gasteiger partial charge is 0.164 e. The van der Waals surface area contributed by atoms with Crippen molar-refractivity contribution in [2.75, 3.05) is 0 Å². The van der Waals surface area contributed by atoms with Crippen LogP contribution in [0.3, 0.4) is 0 Å². The Morgan fingerprint density at radius 2 is 0.811 bits per heavy atom. The van der Waals surface area contributed by atoms with Crippen molar-refractivity contribution in [3.63, 3.8) is 0 Å². The van der Waals surface area contributed by atoms with E-state index in [0.29, 0.717) is 17.5 Å². The van der Waals surface area contributed by atoms with E-state index in [1.165, 1.54) is 27.8 Å². The number of hydrogen-bond donors (Lipinski definition) is 0. The van der Waals surface area contributed by atoms with Gasteiger partial charge < -0.3 is 0 Å². The first-order chi connectivity index (χ1) is 18.3. The molecule has 174 valence electrons. The number of nitrogens with zero attached hydrogens (tertiary/aromatic N) is 3. The Bertz CT molecular complexity index is 1620. The Morgan fingerprint density at radius 3 is 1.35 bits per heavy atom. The lowest BCUT2D eigenvalue weighted by molar-refractivity contribution is 1.01. The molecule has 0 saturated carbocycles. The van der Waals surface area contributed by atoms with Crippen LogP contribution in [0.1, 0.15) is 22.6 Å². The van der Waals surface area contributed by atoms with E-state index < -0.39 is 0 Å². The standard InChI is InChI=1S/C34H23N3/c1-3-12-23(13-4-1)32-35-33(24-14-5-2-6-15-24)37-34(36-32)26-17-11-16-25(22-26)31-29-20-9-7-18-27(29)28-19-8-10-21-30(28)31/h1-22,31H. The SMILES string of the molecule is c1ccc(-c2nc(-c3ccccc3)nc(-c3cccc(C4c5ccccc5-c5ccccc54)c3)n2)cc1. The second-order valence-corrected chi connectivity index (χ2v) is 9.27. The molecule has 1 heterocycles. The first-order valence-electron chi connectivity index (χ1n) is 12.5. The largest absolute Gasteiger partial charge is 0.208 e. The van der Waals surface area contributed by atoms with Gasteiger partial charge in [-0.25, -0.2) is 15.0 Å². The molecule has 3 heteroatoms. The van der Waals surface area contributed by atoms with Gasteiger partial charge in [0.1, 0.15) is 0 Å². The Hall–Kier alpha value is -4.89. The molecule has 0 bridgehead atoms. The van der Waals surface area contributed by atoms with Crippen LogP contribution < -0.4 is 0 Å². The van der Waals surface area contributed by atoms with Crippen LogP contribution in [-0.2, 0) is 0 Å². The summed E-state index contributed by atoms with van der Waals surface area (Å²) >= 11 is 0. The summed E-state index contributed by atoms with van der Waals surface area (Å²) in [6.45, 7) is 0. The maximum Gasteiger partial charge on any atom is 0.164 e. The van der Waals surface area contributed by atoms with Crippen LogP contribution >= 0.6 is 0 Å². The summed E-state index contributed by atoms with van der Waals surface area (Å²) in [5.74, 6) is 2.20. The molecule has 37 heavy (non-hydrogen) atoms. The third-order valence-corrected chi connectivity index (χ3v) is 7.01. The van der Waals surface area contributed by atoms with Crippen LogP contribution in [0, 0.1) is 0 Å². The number of aromatic nitrogens is 3. The average Bonchev–Trinajstić information content (AvgIpc) is 3.32. The first kappa shape index (κ1) is 21.4. The first-order valence-corrected chi connectivity index (χ1v) is 12.5. The summed E-state index contributed by atoms with van der Waals surface area (Å²) in [6, 6.07) is 46.3. The molecule has 0 unspecified atom stereocenters. The molecule has 0 aliphatic heterocycles. The van der Waals surface area contributed by atoms with E-state index in [1.54, 1.807) is 0 Å². The maximum atomic E-state index is 4.93. The normalized spacial score (nSPS) is 12.2. The minimum atomic E-state index is 0.177. The molecule has 0 fully saturated rings. The molecule has 3 nitrogen and oxygen atoms in total. The summed E-state index contributed by atoms with van der Waals surface area (Å²) in [6.07, 6.45) is 0. The number of rotatable bonds is 4. The predicted molar refractivity (Wildman–Crippen MR) is 149 cm³/mol. The van der Waals surface area contributed by atoms with Gasteiger partial charge in [0.05, 0.1) is 0 Å². The molecule has 0 saturated heterocycles. The molecule has 0 spiro atoms. The van der Waals surface area contributed by atoms with Crippen molar-refractivity contribution in [2.24, 2.45) is 0 Å². The zero-order valence-corrected chi connectivity index (χ0v) is 20.1. The fraction of sp³-hybridized carbons (Fsp3) is 0.0294. The van der Waals surface area contributed by atoms with Crippen molar-refractivity contribution < 1.29 is 0 Å². The number of hydrogen-bond acceptors (Lipinski definition) is 3. The summed E-state index contributed by atoms with van der Waals surface area (Å²) in [5, 5.41) is 0. The van der Waals surface area contributed by atoms with E-state index in [1.807, 2.05) is 60.7 Å². The van der Waals surface area contributed by atoms with Crippen molar-refractivity contribution in [1.29, 1.82) is 0 Å². The van der Waals surface area contributed by atoms with Gasteiger partial charge in [0, 0.05) is 22.6 Å². The highest BCUT2D eigenvalue weighted by molar-refractivity contribution is 5.81. The summed E-state index contributed by atoms with van der Waals surface area (Å²) in [4.78, 5) is 14.7. The molecule has 1 aromatic heterocycles. The second kappa shape index (κ2) is 8.96. The molecule has 0 N–H and O–H groups in total. The highest BCUT2D eigenvalue weighted by Gasteiger charge is 2.29. The van der Waals surface area contributed by atoms with Gasteiger partial charge in [-0.3, -0.25) is 0 Å². The van der Waals surface area contributed by atoms with E-state index >= 15 is 0 Å². The number of benzene rings is 5. The highest BCUT2D eigenvalue weighted by atomic mass is 15.0. The van der Waals surface area contributed by atoms with E-state index in [9.17, 15) is 0 Å². The molecule has 0 atom stereocenters. The second-order valence-electron chi connectivity index (χ2n) is 9.27. The highest BCUT2D eigenvalue weighted by Crippen LogP contribution is 2.48. The van der Waals surface area contributed by atoms with Crippen molar-refractivity contribution >= 4 is 0 Å². The van der Waals surface area contributed by atoms with Crippen LogP contribution in [0.5, 0.6) is 0 Å². The fourth-order valence-electron chi connectivity index (χ4n) is 5.31. The van der Waals surface area contributed by atoms with Gasteiger partial charge in [0.25, 0.3) is 0 Å². The Balaban J connectivity index is 1.39. The lowest BCUT2D eigenvalue weighted by Crippen LogP contribution is -2.02. The van der Waals surface area contributed by atoms with Gasteiger partial charge in [0.15, 0.2) is 17.5 Å². The molecule has 0 radical (unpaired) electrons. The average molecular weight is 474 g/mol.